The highest BCUT2D eigenvalue weighted by Gasteiger charge is 2.36. The van der Waals surface area contributed by atoms with Gasteiger partial charge in [-0.05, 0) is 38.8 Å². The van der Waals surface area contributed by atoms with E-state index in [0.29, 0.717) is 30.7 Å². The van der Waals surface area contributed by atoms with Gasteiger partial charge in [-0.1, -0.05) is 12.1 Å². The summed E-state index contributed by atoms with van der Waals surface area (Å²) >= 11 is 0. The van der Waals surface area contributed by atoms with Crippen LogP contribution < -0.4 is 4.74 Å². The van der Waals surface area contributed by atoms with Crippen molar-refractivity contribution < 1.29 is 24.2 Å². The Labute approximate surface area is 128 Å². The molecule has 0 radical (unpaired) electrons. The molecule has 22 heavy (non-hydrogen) atoms. The lowest BCUT2D eigenvalue weighted by Crippen LogP contribution is -2.46. The van der Waals surface area contributed by atoms with Gasteiger partial charge >= 0.3 is 5.97 Å². The van der Waals surface area contributed by atoms with Gasteiger partial charge in [-0.15, -0.1) is 0 Å². The number of ketones is 1. The molecule has 0 bridgehead atoms. The lowest BCUT2D eigenvalue weighted by Gasteiger charge is -2.25. The number of nitrogens with zero attached hydrogens (tertiary/aromatic N) is 1. The van der Waals surface area contributed by atoms with Crippen LogP contribution in [0.1, 0.15) is 37.0 Å². The summed E-state index contributed by atoms with van der Waals surface area (Å²) in [5.74, 6) is -1.01. The van der Waals surface area contributed by atoms with Crippen LogP contribution in [0.25, 0.3) is 0 Å². The van der Waals surface area contributed by atoms with Crippen molar-refractivity contribution in [2.75, 3.05) is 6.54 Å². The molecule has 1 N–H and O–H groups in total. The van der Waals surface area contributed by atoms with Crippen LogP contribution in [0, 0.1) is 0 Å². The number of carboxylic acids is 1. The quantitative estimate of drug-likeness (QED) is 0.838. The summed E-state index contributed by atoms with van der Waals surface area (Å²) < 4.78 is 5.57. The van der Waals surface area contributed by atoms with Gasteiger partial charge in [0.15, 0.2) is 11.9 Å². The molecule has 2 atom stereocenters. The molecular weight excluding hydrogens is 286 g/mol. The predicted octanol–water partition coefficient (Wildman–Crippen LogP) is 1.73. The smallest absolute Gasteiger partial charge is 0.326 e. The van der Waals surface area contributed by atoms with Gasteiger partial charge < -0.3 is 14.7 Å². The summed E-state index contributed by atoms with van der Waals surface area (Å²) in [5.41, 5.74) is 0.502. The molecule has 2 rings (SSSR count). The molecule has 0 saturated carbocycles. The van der Waals surface area contributed by atoms with Gasteiger partial charge in [-0.2, -0.15) is 0 Å². The Morgan fingerprint density at radius 3 is 2.73 bits per heavy atom. The average molecular weight is 305 g/mol. The third-order valence-corrected chi connectivity index (χ3v) is 3.72. The molecule has 6 heteroatoms. The van der Waals surface area contributed by atoms with Crippen molar-refractivity contribution in [1.29, 1.82) is 0 Å². The van der Waals surface area contributed by atoms with E-state index >= 15 is 0 Å². The van der Waals surface area contributed by atoms with E-state index in [4.69, 9.17) is 9.84 Å². The van der Waals surface area contributed by atoms with Crippen LogP contribution in [0.2, 0.25) is 0 Å². The third kappa shape index (κ3) is 3.44. The highest BCUT2D eigenvalue weighted by atomic mass is 16.5. The van der Waals surface area contributed by atoms with Crippen molar-refractivity contribution in [1.82, 2.24) is 4.90 Å². The van der Waals surface area contributed by atoms with Crippen LogP contribution in [-0.4, -0.2) is 46.4 Å². The lowest BCUT2D eigenvalue weighted by atomic mass is 10.1. The molecule has 118 valence electrons. The van der Waals surface area contributed by atoms with Gasteiger partial charge in [-0.3, -0.25) is 9.59 Å². The standard InChI is InChI=1S/C16H19NO5/c1-10(18)12-5-3-6-13(9-12)22-11(2)15(19)17-8-4-7-14(17)16(20)21/h3,5-6,9,11,14H,4,7-8H2,1-2H3,(H,20,21). The fourth-order valence-corrected chi connectivity index (χ4v) is 2.56. The number of likely N-dealkylation sites (tertiary alicyclic amines) is 1. The molecule has 1 aromatic carbocycles. The maximum atomic E-state index is 12.4. The van der Waals surface area contributed by atoms with Crippen molar-refractivity contribution >= 4 is 17.7 Å². The van der Waals surface area contributed by atoms with Crippen molar-refractivity contribution in [3.63, 3.8) is 0 Å². The van der Waals surface area contributed by atoms with Crippen molar-refractivity contribution in [2.45, 2.75) is 38.8 Å². The van der Waals surface area contributed by atoms with E-state index in [1.807, 2.05) is 0 Å². The monoisotopic (exact) mass is 305 g/mol. The van der Waals surface area contributed by atoms with Crippen molar-refractivity contribution in [3.05, 3.63) is 29.8 Å². The zero-order valence-corrected chi connectivity index (χ0v) is 12.6. The fourth-order valence-electron chi connectivity index (χ4n) is 2.56. The minimum absolute atomic E-state index is 0.0880. The number of hydrogen-bond donors (Lipinski definition) is 1. The maximum Gasteiger partial charge on any atom is 0.326 e. The summed E-state index contributed by atoms with van der Waals surface area (Å²) in [6, 6.07) is 5.81. The van der Waals surface area contributed by atoms with Gasteiger partial charge in [0.2, 0.25) is 0 Å². The second-order valence-corrected chi connectivity index (χ2v) is 5.37. The van der Waals surface area contributed by atoms with Crippen molar-refractivity contribution in [3.8, 4) is 5.75 Å². The first-order chi connectivity index (χ1) is 10.4. The number of amides is 1. The highest BCUT2D eigenvalue weighted by molar-refractivity contribution is 5.94. The van der Waals surface area contributed by atoms with Crippen LogP contribution in [0.5, 0.6) is 5.75 Å². The molecule has 1 heterocycles. The Kier molecular flexibility index (Phi) is 4.80. The van der Waals surface area contributed by atoms with Crippen LogP contribution in [0.15, 0.2) is 24.3 Å². The summed E-state index contributed by atoms with van der Waals surface area (Å²) in [6.07, 6.45) is 0.338. The first-order valence-corrected chi connectivity index (χ1v) is 7.21. The number of rotatable bonds is 5. The second-order valence-electron chi connectivity index (χ2n) is 5.37. The van der Waals surface area contributed by atoms with Crippen LogP contribution in [0.4, 0.5) is 0 Å². The number of hydrogen-bond acceptors (Lipinski definition) is 4. The minimum atomic E-state index is -0.989. The first-order valence-electron chi connectivity index (χ1n) is 7.21. The Bertz CT molecular complexity index is 598. The fraction of sp³-hybridized carbons (Fsp3) is 0.438. The largest absolute Gasteiger partial charge is 0.481 e. The summed E-state index contributed by atoms with van der Waals surface area (Å²) in [6.45, 7) is 3.46. The number of carbonyl (C=O) groups is 3. The molecule has 2 unspecified atom stereocenters. The van der Waals surface area contributed by atoms with E-state index in [-0.39, 0.29) is 11.7 Å². The number of carboxylic acid groups (broad SMARTS) is 1. The Balaban J connectivity index is 2.07. The topological polar surface area (TPSA) is 83.9 Å². The van der Waals surface area contributed by atoms with E-state index in [0.717, 1.165) is 0 Å². The summed E-state index contributed by atoms with van der Waals surface area (Å²) in [7, 11) is 0. The van der Waals surface area contributed by atoms with Gasteiger partial charge in [0.05, 0.1) is 0 Å². The van der Waals surface area contributed by atoms with Gasteiger partial charge in [0, 0.05) is 12.1 Å². The minimum Gasteiger partial charge on any atom is -0.481 e. The van der Waals surface area contributed by atoms with Gasteiger partial charge in [0.25, 0.3) is 5.91 Å². The Morgan fingerprint density at radius 2 is 2.09 bits per heavy atom. The normalized spacial score (nSPS) is 18.8. The molecule has 1 saturated heterocycles. The van der Waals surface area contributed by atoms with E-state index in [1.54, 1.807) is 31.2 Å². The maximum absolute atomic E-state index is 12.4. The molecule has 1 fully saturated rings. The molecular formula is C16H19NO5. The second kappa shape index (κ2) is 6.60. The zero-order valence-electron chi connectivity index (χ0n) is 12.6. The number of aliphatic carboxylic acids is 1. The highest BCUT2D eigenvalue weighted by Crippen LogP contribution is 2.21. The summed E-state index contributed by atoms with van der Waals surface area (Å²) in [4.78, 5) is 36.2. The number of ether oxygens (including phenoxy) is 1. The molecule has 0 aromatic heterocycles. The van der Waals surface area contributed by atoms with E-state index in [9.17, 15) is 14.4 Å². The summed E-state index contributed by atoms with van der Waals surface area (Å²) in [5, 5.41) is 9.13. The SMILES string of the molecule is CC(=O)c1cccc(OC(C)C(=O)N2CCCC2C(=O)O)c1. The van der Waals surface area contributed by atoms with E-state index in [1.165, 1.54) is 11.8 Å². The van der Waals surface area contributed by atoms with Gasteiger partial charge in [-0.25, -0.2) is 4.79 Å². The molecule has 0 spiro atoms. The molecule has 6 nitrogen and oxygen atoms in total. The number of carbonyl (C=O) groups excluding carboxylic acids is 2. The Hall–Kier alpha value is -2.37. The lowest BCUT2D eigenvalue weighted by molar-refractivity contribution is -0.150. The van der Waals surface area contributed by atoms with Crippen LogP contribution >= 0.6 is 0 Å². The van der Waals surface area contributed by atoms with E-state index in [2.05, 4.69) is 0 Å². The molecule has 0 aliphatic carbocycles. The first kappa shape index (κ1) is 16.0. The van der Waals surface area contributed by atoms with Crippen LogP contribution in [0.3, 0.4) is 0 Å². The molecule has 1 aliphatic heterocycles. The number of benzene rings is 1. The zero-order chi connectivity index (χ0) is 16.3. The molecule has 1 aromatic rings. The van der Waals surface area contributed by atoms with Crippen molar-refractivity contribution in [2.24, 2.45) is 0 Å². The average Bonchev–Trinajstić information content (AvgIpc) is 2.96. The van der Waals surface area contributed by atoms with E-state index < -0.39 is 18.1 Å². The Morgan fingerprint density at radius 1 is 1.36 bits per heavy atom. The predicted molar refractivity (Wildman–Crippen MR) is 78.9 cm³/mol. The third-order valence-electron chi connectivity index (χ3n) is 3.72. The van der Waals surface area contributed by atoms with Gasteiger partial charge in [0.1, 0.15) is 11.8 Å². The van der Waals surface area contributed by atoms with Crippen LogP contribution in [-0.2, 0) is 9.59 Å². The number of Topliss-reactive ketones (excluding diaryl/α,β-unsaturated/α-hetero) is 1. The molecule has 1 aliphatic rings. The molecule has 1 amide bonds.